The number of nitrogens with zero attached hydrogens (tertiary/aromatic N) is 1. The summed E-state index contributed by atoms with van der Waals surface area (Å²) in [6, 6.07) is 7.12. The lowest BCUT2D eigenvalue weighted by molar-refractivity contribution is -0.132. The Kier molecular flexibility index (Phi) is 3.62. The third-order valence-corrected chi connectivity index (χ3v) is 3.20. The van der Waals surface area contributed by atoms with Crippen LogP contribution >= 0.6 is 0 Å². The molecule has 1 aromatic carbocycles. The fraction of sp³-hybridized carbons (Fsp3) is 0.385. The fourth-order valence-electron chi connectivity index (χ4n) is 2.28. The maximum Gasteiger partial charge on any atom is 0.248 e. The normalized spacial score (nSPS) is 19.6. The number of rotatable bonds is 2. The Labute approximate surface area is 106 Å². The molecule has 0 radical (unpaired) electrons. The molecule has 0 bridgehead atoms. The highest BCUT2D eigenvalue weighted by Crippen LogP contribution is 2.23. The monoisotopic (exact) mass is 247 g/mol. The van der Waals surface area contributed by atoms with Crippen LogP contribution in [0.3, 0.4) is 0 Å². The average Bonchev–Trinajstić information content (AvgIpc) is 2.39. The summed E-state index contributed by atoms with van der Waals surface area (Å²) >= 11 is 0. The zero-order valence-electron chi connectivity index (χ0n) is 10.3. The summed E-state index contributed by atoms with van der Waals surface area (Å²) in [5.74, 6) is -0.402. The summed E-state index contributed by atoms with van der Waals surface area (Å²) in [5, 5.41) is 3.26. The predicted molar refractivity (Wildman–Crippen MR) is 68.0 cm³/mol. The lowest BCUT2D eigenvalue weighted by atomic mass is 10.0. The Balaban J connectivity index is 2.30. The van der Waals surface area contributed by atoms with E-state index >= 15 is 0 Å². The smallest absolute Gasteiger partial charge is 0.248 e. The molecule has 0 unspecified atom stereocenters. The second kappa shape index (κ2) is 5.18. The maximum absolute atomic E-state index is 11.6. The molecule has 0 saturated carbocycles. The molecule has 3 N–H and O–H groups in total. The Morgan fingerprint density at radius 2 is 2.22 bits per heavy atom. The number of nitrogens with two attached hydrogens (primary N) is 1. The highest BCUT2D eigenvalue weighted by atomic mass is 16.2. The van der Waals surface area contributed by atoms with Crippen LogP contribution in [0.1, 0.15) is 28.9 Å². The standard InChI is InChI=1S/C13H17N3O2/c1-9(17)16-6-5-15-8-12(16)10-3-2-4-11(7-10)13(14)18/h2-4,7,12,15H,5-6,8H2,1H3,(H2,14,18)/t12-/m1/s1. The van der Waals surface area contributed by atoms with E-state index in [1.165, 1.54) is 0 Å². The van der Waals surface area contributed by atoms with E-state index in [0.717, 1.165) is 12.1 Å². The van der Waals surface area contributed by atoms with Gasteiger partial charge in [0, 0.05) is 32.1 Å². The number of nitrogens with one attached hydrogen (secondary N) is 1. The summed E-state index contributed by atoms with van der Waals surface area (Å²) < 4.78 is 0. The van der Waals surface area contributed by atoms with Gasteiger partial charge in [-0.25, -0.2) is 0 Å². The molecule has 0 aliphatic carbocycles. The van der Waals surface area contributed by atoms with Gasteiger partial charge in [-0.2, -0.15) is 0 Å². The minimum absolute atomic E-state index is 0.0319. The van der Waals surface area contributed by atoms with Crippen LogP contribution in [-0.2, 0) is 4.79 Å². The van der Waals surface area contributed by atoms with Gasteiger partial charge in [0.1, 0.15) is 0 Å². The van der Waals surface area contributed by atoms with Crippen molar-refractivity contribution in [2.45, 2.75) is 13.0 Å². The first-order chi connectivity index (χ1) is 8.59. The number of amides is 2. The van der Waals surface area contributed by atoms with Crippen LogP contribution in [0.5, 0.6) is 0 Å². The summed E-state index contributed by atoms with van der Waals surface area (Å²) in [4.78, 5) is 24.6. The highest BCUT2D eigenvalue weighted by Gasteiger charge is 2.25. The Hall–Kier alpha value is -1.88. The van der Waals surface area contributed by atoms with Crippen molar-refractivity contribution in [3.63, 3.8) is 0 Å². The van der Waals surface area contributed by atoms with Crippen molar-refractivity contribution < 1.29 is 9.59 Å². The summed E-state index contributed by atoms with van der Waals surface area (Å²) in [5.41, 5.74) is 6.68. The molecule has 2 rings (SSSR count). The van der Waals surface area contributed by atoms with E-state index in [4.69, 9.17) is 5.73 Å². The molecule has 1 saturated heterocycles. The van der Waals surface area contributed by atoms with Crippen LogP contribution in [0, 0.1) is 0 Å². The Morgan fingerprint density at radius 1 is 1.44 bits per heavy atom. The van der Waals surface area contributed by atoms with Gasteiger partial charge in [0.05, 0.1) is 6.04 Å². The number of hydrogen-bond acceptors (Lipinski definition) is 3. The van der Waals surface area contributed by atoms with E-state index in [1.807, 2.05) is 11.0 Å². The molecule has 0 spiro atoms. The van der Waals surface area contributed by atoms with Gasteiger partial charge >= 0.3 is 0 Å². The van der Waals surface area contributed by atoms with Crippen molar-refractivity contribution >= 4 is 11.8 Å². The van der Waals surface area contributed by atoms with Crippen LogP contribution in [-0.4, -0.2) is 36.3 Å². The molecule has 96 valence electrons. The minimum Gasteiger partial charge on any atom is -0.366 e. The zero-order valence-corrected chi connectivity index (χ0v) is 10.3. The van der Waals surface area contributed by atoms with Crippen LogP contribution in [0.15, 0.2) is 24.3 Å². The van der Waals surface area contributed by atoms with Crippen molar-refractivity contribution in [1.82, 2.24) is 10.2 Å². The first-order valence-electron chi connectivity index (χ1n) is 5.97. The highest BCUT2D eigenvalue weighted by molar-refractivity contribution is 5.92. The van der Waals surface area contributed by atoms with E-state index < -0.39 is 5.91 Å². The summed E-state index contributed by atoms with van der Waals surface area (Å²) in [6.45, 7) is 3.74. The number of primary amides is 1. The van der Waals surface area contributed by atoms with Crippen LogP contribution in [0.25, 0.3) is 0 Å². The number of carbonyl (C=O) groups is 2. The first kappa shape index (κ1) is 12.6. The van der Waals surface area contributed by atoms with E-state index in [2.05, 4.69) is 5.32 Å². The Bertz CT molecular complexity index is 473. The number of hydrogen-bond donors (Lipinski definition) is 2. The molecule has 5 nitrogen and oxygen atoms in total. The van der Waals surface area contributed by atoms with Gasteiger partial charge in [0.2, 0.25) is 11.8 Å². The van der Waals surface area contributed by atoms with Crippen molar-refractivity contribution in [3.8, 4) is 0 Å². The second-order valence-corrected chi connectivity index (χ2v) is 4.42. The number of carbonyl (C=O) groups excluding carboxylic acids is 2. The lowest BCUT2D eigenvalue weighted by Crippen LogP contribution is -2.47. The Morgan fingerprint density at radius 3 is 2.89 bits per heavy atom. The topological polar surface area (TPSA) is 75.4 Å². The summed E-state index contributed by atoms with van der Waals surface area (Å²) in [6.07, 6.45) is 0. The molecule has 0 aromatic heterocycles. The van der Waals surface area contributed by atoms with Crippen molar-refractivity contribution in [2.24, 2.45) is 5.73 Å². The molecule has 1 aromatic rings. The van der Waals surface area contributed by atoms with Crippen molar-refractivity contribution in [1.29, 1.82) is 0 Å². The van der Waals surface area contributed by atoms with Crippen LogP contribution < -0.4 is 11.1 Å². The largest absolute Gasteiger partial charge is 0.366 e. The van der Waals surface area contributed by atoms with Gasteiger partial charge in [-0.3, -0.25) is 9.59 Å². The average molecular weight is 247 g/mol. The van der Waals surface area contributed by atoms with Gasteiger partial charge in [0.25, 0.3) is 0 Å². The first-order valence-corrected chi connectivity index (χ1v) is 5.97. The van der Waals surface area contributed by atoms with Gasteiger partial charge in [-0.15, -0.1) is 0 Å². The van der Waals surface area contributed by atoms with Crippen molar-refractivity contribution in [2.75, 3.05) is 19.6 Å². The van der Waals surface area contributed by atoms with E-state index in [0.29, 0.717) is 18.7 Å². The van der Waals surface area contributed by atoms with Gasteiger partial charge in [-0.1, -0.05) is 12.1 Å². The molecule has 1 fully saturated rings. The second-order valence-electron chi connectivity index (χ2n) is 4.42. The molecule has 1 heterocycles. The van der Waals surface area contributed by atoms with Gasteiger partial charge in [0.15, 0.2) is 0 Å². The molecular weight excluding hydrogens is 230 g/mol. The van der Waals surface area contributed by atoms with Gasteiger partial charge in [-0.05, 0) is 17.7 Å². The maximum atomic E-state index is 11.6. The molecule has 1 atom stereocenters. The zero-order chi connectivity index (χ0) is 13.1. The summed E-state index contributed by atoms with van der Waals surface area (Å²) in [7, 11) is 0. The SMILES string of the molecule is CC(=O)N1CCNC[C@@H]1c1cccc(C(N)=O)c1. The molecule has 18 heavy (non-hydrogen) atoms. The van der Waals surface area contributed by atoms with E-state index in [-0.39, 0.29) is 11.9 Å². The number of benzene rings is 1. The van der Waals surface area contributed by atoms with Crippen LogP contribution in [0.4, 0.5) is 0 Å². The van der Waals surface area contributed by atoms with E-state index in [1.54, 1.807) is 25.1 Å². The number of piperazine rings is 1. The van der Waals surface area contributed by atoms with E-state index in [9.17, 15) is 9.59 Å². The fourth-order valence-corrected chi connectivity index (χ4v) is 2.28. The lowest BCUT2D eigenvalue weighted by Gasteiger charge is -2.36. The predicted octanol–water partition coefficient (Wildman–Crippen LogP) is 0.278. The molecular formula is C13H17N3O2. The minimum atomic E-state index is -0.449. The molecule has 5 heteroatoms. The third-order valence-electron chi connectivity index (χ3n) is 3.20. The molecule has 1 aliphatic heterocycles. The molecule has 1 aliphatic rings. The van der Waals surface area contributed by atoms with Crippen LogP contribution in [0.2, 0.25) is 0 Å². The third kappa shape index (κ3) is 2.51. The van der Waals surface area contributed by atoms with Crippen molar-refractivity contribution in [3.05, 3.63) is 35.4 Å². The van der Waals surface area contributed by atoms with Gasteiger partial charge < -0.3 is 16.0 Å². The molecule has 2 amide bonds. The quantitative estimate of drug-likeness (QED) is 0.788.